The second-order valence-electron chi connectivity index (χ2n) is 6.52. The molecule has 4 heterocycles. The van der Waals surface area contributed by atoms with Gasteiger partial charge in [0, 0.05) is 31.1 Å². The smallest absolute Gasteiger partial charge is 0.318 e. The quantitative estimate of drug-likeness (QED) is 0.537. The van der Waals surface area contributed by atoms with Crippen LogP contribution in [-0.4, -0.2) is 51.4 Å². The van der Waals surface area contributed by atoms with Crippen molar-refractivity contribution in [3.63, 3.8) is 0 Å². The Labute approximate surface area is 164 Å². The van der Waals surface area contributed by atoms with Crippen LogP contribution < -0.4 is 5.32 Å². The van der Waals surface area contributed by atoms with E-state index < -0.39 is 0 Å². The molecular weight excluding hydrogens is 382 g/mol. The molecule has 2 aliphatic rings. The summed E-state index contributed by atoms with van der Waals surface area (Å²) in [5.41, 5.74) is 5.64. The van der Waals surface area contributed by atoms with E-state index in [9.17, 15) is 4.79 Å². The minimum atomic E-state index is -0.0718. The van der Waals surface area contributed by atoms with Gasteiger partial charge in [0.1, 0.15) is 6.26 Å². The van der Waals surface area contributed by atoms with Crippen molar-refractivity contribution in [3.05, 3.63) is 53.2 Å². The Morgan fingerprint density at radius 1 is 1.22 bits per heavy atom. The van der Waals surface area contributed by atoms with E-state index in [4.69, 9.17) is 4.42 Å². The Bertz CT molecular complexity index is 996. The molecule has 0 unspecified atom stereocenters. The number of fused-ring (bicyclic) bond motifs is 1. The highest BCUT2D eigenvalue weighted by atomic mass is 32.2. The number of thiazole rings is 1. The van der Waals surface area contributed by atoms with Crippen LogP contribution in [0.25, 0.3) is 10.2 Å². The third-order valence-corrected chi connectivity index (χ3v) is 6.47. The molecule has 0 aliphatic carbocycles. The van der Waals surface area contributed by atoms with Crippen LogP contribution in [0.4, 0.5) is 4.79 Å². The van der Waals surface area contributed by atoms with E-state index in [-0.39, 0.29) is 6.03 Å². The molecule has 2 aromatic heterocycles. The van der Waals surface area contributed by atoms with Crippen LogP contribution in [0.15, 0.2) is 56.6 Å². The number of nitrogens with zero attached hydrogens (tertiary/aromatic N) is 4. The Morgan fingerprint density at radius 3 is 2.85 bits per heavy atom. The SMILES string of the molecule is O=C(NCc1ncco1)N1CC2=C(CN(Sc3ccc4ncsc4c3)C2)C1. The Balaban J connectivity index is 1.14. The molecule has 7 nitrogen and oxygen atoms in total. The lowest BCUT2D eigenvalue weighted by molar-refractivity contribution is 0.206. The summed E-state index contributed by atoms with van der Waals surface area (Å²) in [5.74, 6) is 0.517. The van der Waals surface area contributed by atoms with Gasteiger partial charge in [-0.2, -0.15) is 0 Å². The highest BCUT2D eigenvalue weighted by Gasteiger charge is 2.32. The number of rotatable bonds is 4. The first-order valence-corrected chi connectivity index (χ1v) is 10.3. The molecule has 9 heteroatoms. The number of carbonyl (C=O) groups excluding carboxylic acids is 1. The van der Waals surface area contributed by atoms with Crippen molar-refractivity contribution in [2.24, 2.45) is 0 Å². The summed E-state index contributed by atoms with van der Waals surface area (Å²) in [6, 6.07) is 6.32. The predicted octanol–water partition coefficient (Wildman–Crippen LogP) is 3.13. The third-order valence-electron chi connectivity index (χ3n) is 4.70. The number of hydrogen-bond acceptors (Lipinski definition) is 7. The molecule has 1 aromatic carbocycles. The number of nitrogens with one attached hydrogen (secondary N) is 1. The molecule has 2 aliphatic heterocycles. The average Bonchev–Trinajstić information content (AvgIpc) is 3.42. The van der Waals surface area contributed by atoms with Crippen molar-refractivity contribution in [1.82, 2.24) is 24.5 Å². The maximum Gasteiger partial charge on any atom is 0.318 e. The molecule has 3 aromatic rings. The van der Waals surface area contributed by atoms with Crippen molar-refractivity contribution in [1.29, 1.82) is 0 Å². The number of benzene rings is 1. The first-order valence-electron chi connectivity index (χ1n) is 8.62. The maximum absolute atomic E-state index is 12.3. The second kappa shape index (κ2) is 6.99. The first-order chi connectivity index (χ1) is 13.2. The third kappa shape index (κ3) is 3.45. The highest BCUT2D eigenvalue weighted by molar-refractivity contribution is 7.97. The van der Waals surface area contributed by atoms with Crippen molar-refractivity contribution >= 4 is 39.5 Å². The van der Waals surface area contributed by atoms with Crippen molar-refractivity contribution in [3.8, 4) is 0 Å². The summed E-state index contributed by atoms with van der Waals surface area (Å²) >= 11 is 3.44. The van der Waals surface area contributed by atoms with Crippen LogP contribution in [0, 0.1) is 0 Å². The van der Waals surface area contributed by atoms with Gasteiger partial charge in [0.2, 0.25) is 5.89 Å². The van der Waals surface area contributed by atoms with Gasteiger partial charge in [-0.25, -0.2) is 19.1 Å². The van der Waals surface area contributed by atoms with Crippen LogP contribution in [0.2, 0.25) is 0 Å². The van der Waals surface area contributed by atoms with Crippen LogP contribution in [-0.2, 0) is 6.54 Å². The zero-order valence-corrected chi connectivity index (χ0v) is 16.1. The summed E-state index contributed by atoms with van der Waals surface area (Å²) in [6.07, 6.45) is 3.08. The van der Waals surface area contributed by atoms with Gasteiger partial charge in [0.15, 0.2) is 0 Å². The maximum atomic E-state index is 12.3. The molecule has 138 valence electrons. The van der Waals surface area contributed by atoms with Crippen molar-refractivity contribution < 1.29 is 9.21 Å². The van der Waals surface area contributed by atoms with Gasteiger partial charge in [-0.05, 0) is 41.3 Å². The lowest BCUT2D eigenvalue weighted by Crippen LogP contribution is -2.40. The number of carbonyl (C=O) groups is 1. The minimum Gasteiger partial charge on any atom is -0.447 e. The molecule has 0 saturated carbocycles. The van der Waals surface area contributed by atoms with Crippen LogP contribution in [0.3, 0.4) is 0 Å². The molecule has 5 rings (SSSR count). The van der Waals surface area contributed by atoms with E-state index in [1.807, 2.05) is 10.4 Å². The molecule has 0 saturated heterocycles. The molecule has 0 atom stereocenters. The van der Waals surface area contributed by atoms with E-state index in [1.165, 1.54) is 27.0 Å². The van der Waals surface area contributed by atoms with Crippen LogP contribution >= 0.6 is 23.3 Å². The summed E-state index contributed by atoms with van der Waals surface area (Å²) in [5, 5.41) is 2.86. The lowest BCUT2D eigenvalue weighted by Gasteiger charge is -2.22. The fraction of sp³-hybridized carbons (Fsp3) is 0.278. The van der Waals surface area contributed by atoms with Gasteiger partial charge < -0.3 is 14.6 Å². The Morgan fingerprint density at radius 2 is 2.07 bits per heavy atom. The molecular formula is C18H17N5O2S2. The zero-order chi connectivity index (χ0) is 18.2. The van der Waals surface area contributed by atoms with Crippen LogP contribution in [0.1, 0.15) is 5.89 Å². The van der Waals surface area contributed by atoms with Crippen LogP contribution in [0.5, 0.6) is 0 Å². The lowest BCUT2D eigenvalue weighted by atomic mass is 10.2. The fourth-order valence-electron chi connectivity index (χ4n) is 3.40. The number of hydrogen-bond donors (Lipinski definition) is 1. The fourth-order valence-corrected chi connectivity index (χ4v) is 5.23. The van der Waals surface area contributed by atoms with Gasteiger partial charge in [0.25, 0.3) is 0 Å². The summed E-state index contributed by atoms with van der Waals surface area (Å²) in [6.45, 7) is 3.49. The number of amides is 2. The van der Waals surface area contributed by atoms with Gasteiger partial charge in [-0.1, -0.05) is 0 Å². The highest BCUT2D eigenvalue weighted by Crippen LogP contribution is 2.34. The second-order valence-corrected chi connectivity index (χ2v) is 8.58. The van der Waals surface area contributed by atoms with Gasteiger partial charge in [-0.3, -0.25) is 0 Å². The first kappa shape index (κ1) is 16.8. The molecule has 0 radical (unpaired) electrons. The van der Waals surface area contributed by atoms with Crippen molar-refractivity contribution in [2.75, 3.05) is 26.2 Å². The van der Waals surface area contributed by atoms with Gasteiger partial charge >= 0.3 is 6.03 Å². The molecule has 0 fully saturated rings. The normalized spacial score (nSPS) is 17.1. The molecule has 1 N–H and O–H groups in total. The standard InChI is InChI=1S/C18H17N5O2S2/c24-18(20-6-17-19-3-4-25-17)22-7-12-9-23(10-13(12)8-22)27-14-1-2-15-16(5-14)26-11-21-15/h1-5,11H,6-10H2,(H,20,24). The summed E-state index contributed by atoms with van der Waals surface area (Å²) in [7, 11) is 0. The van der Waals surface area contributed by atoms with Gasteiger partial charge in [-0.15, -0.1) is 11.3 Å². The number of oxazole rings is 1. The minimum absolute atomic E-state index is 0.0718. The topological polar surface area (TPSA) is 74.5 Å². The molecule has 0 bridgehead atoms. The average molecular weight is 400 g/mol. The monoisotopic (exact) mass is 399 g/mol. The number of aromatic nitrogens is 2. The molecule has 2 amide bonds. The molecule has 27 heavy (non-hydrogen) atoms. The van der Waals surface area contributed by atoms with E-state index in [2.05, 4.69) is 37.8 Å². The number of urea groups is 1. The van der Waals surface area contributed by atoms with E-state index in [1.54, 1.807) is 29.5 Å². The van der Waals surface area contributed by atoms with E-state index >= 15 is 0 Å². The van der Waals surface area contributed by atoms with Crippen molar-refractivity contribution in [2.45, 2.75) is 11.4 Å². The predicted molar refractivity (Wildman–Crippen MR) is 104 cm³/mol. The zero-order valence-electron chi connectivity index (χ0n) is 14.4. The van der Waals surface area contributed by atoms with Gasteiger partial charge in [0.05, 0.1) is 28.5 Å². The van der Waals surface area contributed by atoms with E-state index in [0.717, 1.165) is 18.6 Å². The summed E-state index contributed by atoms with van der Waals surface area (Å²) < 4.78 is 8.72. The Kier molecular flexibility index (Phi) is 4.35. The molecule has 0 spiro atoms. The Hall–Kier alpha value is -2.36. The van der Waals surface area contributed by atoms with E-state index in [0.29, 0.717) is 25.5 Å². The largest absolute Gasteiger partial charge is 0.447 e. The summed E-state index contributed by atoms with van der Waals surface area (Å²) in [4.78, 5) is 23.8.